The highest BCUT2D eigenvalue weighted by molar-refractivity contribution is 5.99. The van der Waals surface area contributed by atoms with Crippen molar-refractivity contribution >= 4 is 33.3 Å². The predicted molar refractivity (Wildman–Crippen MR) is 128 cm³/mol. The molecule has 0 saturated heterocycles. The van der Waals surface area contributed by atoms with Gasteiger partial charge in [-0.05, 0) is 46.8 Å². The quantitative estimate of drug-likeness (QED) is 0.112. The van der Waals surface area contributed by atoms with Gasteiger partial charge in [0.2, 0.25) is 0 Å². The molecule has 0 aliphatic carbocycles. The zero-order chi connectivity index (χ0) is 22.1. The Labute approximate surface area is 184 Å². The lowest BCUT2D eigenvalue weighted by Gasteiger charge is -2.08. The highest BCUT2D eigenvalue weighted by atomic mass is 16.4. The van der Waals surface area contributed by atoms with Crippen LogP contribution in [0.5, 0.6) is 0 Å². The Morgan fingerprint density at radius 1 is 0.938 bits per heavy atom. The molecule has 0 aliphatic heterocycles. The molecule has 0 aliphatic rings. The van der Waals surface area contributed by atoms with Crippen LogP contribution in [0.4, 0.5) is 5.82 Å². The van der Waals surface area contributed by atoms with Gasteiger partial charge in [-0.3, -0.25) is 0 Å². The number of aromatic amines is 1. The highest BCUT2D eigenvalue weighted by Crippen LogP contribution is 2.30. The van der Waals surface area contributed by atoms with Gasteiger partial charge in [0.1, 0.15) is 5.82 Å². The van der Waals surface area contributed by atoms with E-state index in [1.807, 2.05) is 30.5 Å². The maximum atomic E-state index is 8.90. The van der Waals surface area contributed by atoms with Gasteiger partial charge in [-0.25, -0.2) is 4.98 Å². The van der Waals surface area contributed by atoms with Crippen molar-refractivity contribution in [1.29, 1.82) is 0 Å². The lowest BCUT2D eigenvalue weighted by molar-refractivity contribution is 0.318. The average molecular weight is 417 g/mol. The summed E-state index contributed by atoms with van der Waals surface area (Å²) in [6, 6.07) is 21.7. The van der Waals surface area contributed by atoms with E-state index in [0.29, 0.717) is 11.4 Å². The molecule has 5 rings (SSSR count). The van der Waals surface area contributed by atoms with Gasteiger partial charge in [0, 0.05) is 39.8 Å². The predicted octanol–water partition coefficient (Wildman–Crippen LogP) is 4.46. The molecule has 0 spiro atoms. The van der Waals surface area contributed by atoms with Gasteiger partial charge in [-0.15, -0.1) is 0 Å². The molecule has 0 saturated carbocycles. The van der Waals surface area contributed by atoms with Crippen molar-refractivity contribution in [3.8, 4) is 23.0 Å². The summed E-state index contributed by atoms with van der Waals surface area (Å²) in [7, 11) is 0. The molecular formula is C26H19N5O. The maximum absolute atomic E-state index is 8.90. The molecule has 0 bridgehead atoms. The van der Waals surface area contributed by atoms with Crippen LogP contribution in [0.2, 0.25) is 0 Å². The third kappa shape index (κ3) is 3.48. The highest BCUT2D eigenvalue weighted by Gasteiger charge is 2.08. The number of nitrogens with one attached hydrogen (secondary N) is 1. The number of fused-ring (bicyclic) bond motifs is 2. The summed E-state index contributed by atoms with van der Waals surface area (Å²) < 4.78 is 0. The molecule has 6 nitrogen and oxygen atoms in total. The van der Waals surface area contributed by atoms with Crippen LogP contribution in [0.1, 0.15) is 16.7 Å². The monoisotopic (exact) mass is 417 g/mol. The zero-order valence-electron chi connectivity index (χ0n) is 17.0. The molecule has 3 aromatic carbocycles. The molecule has 6 N–H and O–H groups in total. The van der Waals surface area contributed by atoms with Crippen molar-refractivity contribution in [3.05, 3.63) is 95.8 Å². The molecule has 0 amide bonds. The number of anilines is 1. The van der Waals surface area contributed by atoms with E-state index in [4.69, 9.17) is 16.7 Å². The van der Waals surface area contributed by atoms with Gasteiger partial charge in [0.25, 0.3) is 0 Å². The van der Waals surface area contributed by atoms with Gasteiger partial charge >= 0.3 is 0 Å². The van der Waals surface area contributed by atoms with E-state index < -0.39 is 0 Å². The van der Waals surface area contributed by atoms with Crippen LogP contribution in [0, 0.1) is 11.8 Å². The van der Waals surface area contributed by atoms with E-state index in [-0.39, 0.29) is 5.84 Å². The molecule has 154 valence electrons. The van der Waals surface area contributed by atoms with E-state index in [0.717, 1.165) is 38.5 Å². The number of benzene rings is 3. The Morgan fingerprint density at radius 3 is 2.66 bits per heavy atom. The molecule has 32 heavy (non-hydrogen) atoms. The Bertz CT molecular complexity index is 1570. The van der Waals surface area contributed by atoms with Crippen molar-refractivity contribution in [3.63, 3.8) is 0 Å². The van der Waals surface area contributed by atoms with Crippen LogP contribution in [-0.4, -0.2) is 21.0 Å². The van der Waals surface area contributed by atoms with E-state index in [9.17, 15) is 0 Å². The summed E-state index contributed by atoms with van der Waals surface area (Å²) in [4.78, 5) is 7.57. The van der Waals surface area contributed by atoms with Crippen molar-refractivity contribution in [2.45, 2.75) is 0 Å². The molecule has 6 heteroatoms. The minimum absolute atomic E-state index is 0.0388. The minimum atomic E-state index is 0.0388. The molecule has 0 unspecified atom stereocenters. The summed E-state index contributed by atoms with van der Waals surface area (Å²) in [5.41, 5.74) is 17.2. The van der Waals surface area contributed by atoms with Crippen LogP contribution in [-0.2, 0) is 0 Å². The van der Waals surface area contributed by atoms with E-state index in [2.05, 4.69) is 57.3 Å². The standard InChI is InChI=1S/C26H19N5O/c27-25(31-32)20-3-1-2-16(12-20)4-5-21-15-30-26(28)22-9-8-18(13-23(21)22)19-7-6-17-10-11-29-24(17)14-19/h1-3,6-15,29,32H,(H2,27,31)(H2,28,30). The maximum Gasteiger partial charge on any atom is 0.170 e. The number of rotatable bonds is 2. The molecular weight excluding hydrogens is 398 g/mol. The second kappa shape index (κ2) is 7.82. The zero-order valence-corrected chi connectivity index (χ0v) is 17.0. The number of nitrogens with zero attached hydrogens (tertiary/aromatic N) is 2. The summed E-state index contributed by atoms with van der Waals surface area (Å²) >= 11 is 0. The Balaban J connectivity index is 1.61. The number of H-pyrrole nitrogens is 1. The van der Waals surface area contributed by atoms with Gasteiger partial charge in [0.15, 0.2) is 5.84 Å². The molecule has 0 radical (unpaired) electrons. The Morgan fingerprint density at radius 2 is 1.78 bits per heavy atom. The first-order valence-corrected chi connectivity index (χ1v) is 9.98. The Hall–Kier alpha value is -4.76. The summed E-state index contributed by atoms with van der Waals surface area (Å²) in [5, 5.41) is 14.9. The van der Waals surface area contributed by atoms with Crippen LogP contribution in [0.25, 0.3) is 32.8 Å². The van der Waals surface area contributed by atoms with Gasteiger partial charge in [-0.1, -0.05) is 53.4 Å². The van der Waals surface area contributed by atoms with Gasteiger partial charge < -0.3 is 21.7 Å². The van der Waals surface area contributed by atoms with E-state index in [1.54, 1.807) is 18.3 Å². The van der Waals surface area contributed by atoms with Gasteiger partial charge in [-0.2, -0.15) is 0 Å². The Kier molecular flexibility index (Phi) is 4.70. The largest absolute Gasteiger partial charge is 0.409 e. The first-order valence-electron chi connectivity index (χ1n) is 9.98. The second-order valence-corrected chi connectivity index (χ2v) is 7.41. The molecule has 2 aromatic heterocycles. The number of amidine groups is 1. The van der Waals surface area contributed by atoms with E-state index >= 15 is 0 Å². The third-order valence-corrected chi connectivity index (χ3v) is 5.41. The molecule has 2 heterocycles. The number of aromatic nitrogens is 2. The molecule has 5 aromatic rings. The average Bonchev–Trinajstić information content (AvgIpc) is 3.31. The lowest BCUT2D eigenvalue weighted by Crippen LogP contribution is -2.12. The van der Waals surface area contributed by atoms with Crippen LogP contribution < -0.4 is 11.5 Å². The van der Waals surface area contributed by atoms with Crippen molar-refractivity contribution in [1.82, 2.24) is 9.97 Å². The van der Waals surface area contributed by atoms with Crippen molar-refractivity contribution < 1.29 is 5.21 Å². The molecule has 0 fully saturated rings. The SMILES string of the molecule is NC(=NO)c1cccc(C#Cc2cnc(N)c3ccc(-c4ccc5cc[nH]c5c4)cc23)c1. The fraction of sp³-hybridized carbons (Fsp3) is 0. The fourth-order valence-corrected chi connectivity index (χ4v) is 3.72. The summed E-state index contributed by atoms with van der Waals surface area (Å²) in [6.45, 7) is 0. The second-order valence-electron chi connectivity index (χ2n) is 7.41. The lowest BCUT2D eigenvalue weighted by atomic mass is 9.98. The number of pyridine rings is 1. The normalized spacial score (nSPS) is 11.4. The number of hydrogen-bond donors (Lipinski definition) is 4. The summed E-state index contributed by atoms with van der Waals surface area (Å²) in [6.07, 6.45) is 3.62. The van der Waals surface area contributed by atoms with Gasteiger partial charge in [0.05, 0.1) is 5.56 Å². The smallest absolute Gasteiger partial charge is 0.170 e. The summed E-state index contributed by atoms with van der Waals surface area (Å²) in [5.74, 6) is 6.85. The van der Waals surface area contributed by atoms with Crippen LogP contribution >= 0.6 is 0 Å². The van der Waals surface area contributed by atoms with Crippen molar-refractivity contribution in [2.24, 2.45) is 10.9 Å². The topological polar surface area (TPSA) is 113 Å². The number of nitrogens with two attached hydrogens (primary N) is 2. The van der Waals surface area contributed by atoms with E-state index in [1.165, 1.54) is 5.39 Å². The first kappa shape index (κ1) is 19.2. The number of oxime groups is 1. The van der Waals surface area contributed by atoms with Crippen LogP contribution in [0.15, 0.2) is 84.3 Å². The fourth-order valence-electron chi connectivity index (χ4n) is 3.72. The minimum Gasteiger partial charge on any atom is -0.409 e. The van der Waals surface area contributed by atoms with Crippen LogP contribution in [0.3, 0.4) is 0 Å². The number of hydrogen-bond acceptors (Lipinski definition) is 4. The molecule has 0 atom stereocenters. The first-order chi connectivity index (χ1) is 15.6. The third-order valence-electron chi connectivity index (χ3n) is 5.41. The number of nitrogen functional groups attached to an aromatic ring is 1. The van der Waals surface area contributed by atoms with Crippen molar-refractivity contribution in [2.75, 3.05) is 5.73 Å².